The van der Waals surface area contributed by atoms with Gasteiger partial charge in [0.1, 0.15) is 0 Å². The van der Waals surface area contributed by atoms with Crippen LogP contribution in [-0.2, 0) is 5.54 Å². The first-order valence-electron chi connectivity index (χ1n) is 7.33. The van der Waals surface area contributed by atoms with Crippen LogP contribution in [0.15, 0.2) is 48.5 Å². The van der Waals surface area contributed by atoms with Gasteiger partial charge in [0.15, 0.2) is 0 Å². The van der Waals surface area contributed by atoms with Crippen LogP contribution in [0.5, 0.6) is 0 Å². The van der Waals surface area contributed by atoms with Crippen LogP contribution in [0.25, 0.3) is 21.8 Å². The van der Waals surface area contributed by atoms with Crippen LogP contribution >= 0.6 is 0 Å². The SMILES string of the molecule is CC(C)(C)C(C)(C)n1c2ccccc2c2ccccc21. The maximum atomic E-state index is 2.51. The third-order valence-electron chi connectivity index (χ3n) is 4.97. The van der Waals surface area contributed by atoms with Crippen LogP contribution in [0.4, 0.5) is 0 Å². The monoisotopic (exact) mass is 265 g/mol. The Balaban J connectivity index is 2.50. The van der Waals surface area contributed by atoms with Crippen molar-refractivity contribution < 1.29 is 0 Å². The maximum absolute atomic E-state index is 2.51. The molecule has 3 rings (SSSR count). The Morgan fingerprint density at radius 3 is 1.45 bits per heavy atom. The first-order valence-corrected chi connectivity index (χ1v) is 7.33. The van der Waals surface area contributed by atoms with Gasteiger partial charge in [-0.2, -0.15) is 0 Å². The van der Waals surface area contributed by atoms with Crippen molar-refractivity contribution in [3.05, 3.63) is 48.5 Å². The lowest BCUT2D eigenvalue weighted by atomic mass is 9.76. The van der Waals surface area contributed by atoms with E-state index in [9.17, 15) is 0 Å². The van der Waals surface area contributed by atoms with E-state index in [1.165, 1.54) is 21.8 Å². The Morgan fingerprint density at radius 1 is 0.650 bits per heavy atom. The molecule has 2 aromatic carbocycles. The van der Waals surface area contributed by atoms with Gasteiger partial charge in [-0.1, -0.05) is 57.2 Å². The lowest BCUT2D eigenvalue weighted by Gasteiger charge is -2.41. The molecule has 0 amide bonds. The lowest BCUT2D eigenvalue weighted by Crippen LogP contribution is -2.39. The maximum Gasteiger partial charge on any atom is 0.0496 e. The molecular formula is C19H23N. The van der Waals surface area contributed by atoms with Crippen molar-refractivity contribution >= 4 is 21.8 Å². The predicted molar refractivity (Wildman–Crippen MR) is 88.2 cm³/mol. The summed E-state index contributed by atoms with van der Waals surface area (Å²) in [5, 5.41) is 2.70. The quantitative estimate of drug-likeness (QED) is 0.541. The van der Waals surface area contributed by atoms with Crippen LogP contribution in [-0.4, -0.2) is 4.57 Å². The van der Waals surface area contributed by atoms with Crippen LogP contribution in [0, 0.1) is 5.41 Å². The van der Waals surface area contributed by atoms with E-state index < -0.39 is 0 Å². The highest BCUT2D eigenvalue weighted by Gasteiger charge is 2.36. The van der Waals surface area contributed by atoms with Crippen molar-refractivity contribution in [3.8, 4) is 0 Å². The summed E-state index contributed by atoms with van der Waals surface area (Å²) >= 11 is 0. The van der Waals surface area contributed by atoms with Gasteiger partial charge in [-0.25, -0.2) is 0 Å². The highest BCUT2D eigenvalue weighted by Crippen LogP contribution is 2.42. The van der Waals surface area contributed by atoms with Crippen molar-refractivity contribution in [2.75, 3.05) is 0 Å². The average molecular weight is 265 g/mol. The van der Waals surface area contributed by atoms with Gasteiger partial charge in [0.25, 0.3) is 0 Å². The second-order valence-electron chi connectivity index (χ2n) is 7.18. The summed E-state index contributed by atoms with van der Waals surface area (Å²) < 4.78 is 2.51. The minimum absolute atomic E-state index is 0.0374. The Kier molecular flexibility index (Phi) is 2.72. The van der Waals surface area contributed by atoms with Crippen LogP contribution in [0.1, 0.15) is 34.6 Å². The lowest BCUT2D eigenvalue weighted by molar-refractivity contribution is 0.150. The predicted octanol–water partition coefficient (Wildman–Crippen LogP) is 5.58. The molecule has 1 heteroatoms. The molecule has 1 nitrogen and oxygen atoms in total. The Hall–Kier alpha value is -1.76. The summed E-state index contributed by atoms with van der Waals surface area (Å²) in [4.78, 5) is 0. The number of aromatic nitrogens is 1. The molecule has 0 spiro atoms. The van der Waals surface area contributed by atoms with Crippen molar-refractivity contribution in [2.24, 2.45) is 5.41 Å². The van der Waals surface area contributed by atoms with Crippen LogP contribution < -0.4 is 0 Å². The van der Waals surface area contributed by atoms with E-state index in [4.69, 9.17) is 0 Å². The van der Waals surface area contributed by atoms with E-state index >= 15 is 0 Å². The van der Waals surface area contributed by atoms with Crippen LogP contribution in [0.3, 0.4) is 0 Å². The molecule has 104 valence electrons. The van der Waals surface area contributed by atoms with E-state index in [-0.39, 0.29) is 11.0 Å². The summed E-state index contributed by atoms with van der Waals surface area (Å²) in [7, 11) is 0. The molecule has 3 aromatic rings. The largest absolute Gasteiger partial charge is 0.334 e. The molecule has 0 fully saturated rings. The van der Waals surface area contributed by atoms with Gasteiger partial charge in [0, 0.05) is 27.3 Å². The number of fused-ring (bicyclic) bond motifs is 3. The molecule has 0 atom stereocenters. The Morgan fingerprint density at radius 2 is 1.05 bits per heavy atom. The summed E-state index contributed by atoms with van der Waals surface area (Å²) in [6.45, 7) is 11.6. The molecule has 20 heavy (non-hydrogen) atoms. The van der Waals surface area contributed by atoms with E-state index in [0.717, 1.165) is 0 Å². The molecule has 0 radical (unpaired) electrons. The molecule has 0 aliphatic heterocycles. The van der Waals surface area contributed by atoms with Crippen molar-refractivity contribution in [1.29, 1.82) is 0 Å². The van der Waals surface area contributed by atoms with Crippen molar-refractivity contribution in [3.63, 3.8) is 0 Å². The van der Waals surface area contributed by atoms with Gasteiger partial charge in [0.2, 0.25) is 0 Å². The topological polar surface area (TPSA) is 4.93 Å². The third-order valence-corrected chi connectivity index (χ3v) is 4.97. The van der Waals surface area contributed by atoms with Gasteiger partial charge < -0.3 is 4.57 Å². The summed E-state index contributed by atoms with van der Waals surface area (Å²) in [5.74, 6) is 0. The summed E-state index contributed by atoms with van der Waals surface area (Å²) in [6, 6.07) is 17.5. The average Bonchev–Trinajstić information content (AvgIpc) is 2.72. The molecule has 0 N–H and O–H groups in total. The minimum atomic E-state index is 0.0374. The molecule has 0 aliphatic carbocycles. The fraction of sp³-hybridized carbons (Fsp3) is 0.368. The van der Waals surface area contributed by atoms with Gasteiger partial charge in [0.05, 0.1) is 0 Å². The standard InChI is InChI=1S/C19H23N/c1-18(2,3)19(4,5)20-16-12-8-6-10-14(16)15-11-7-9-13-17(15)20/h6-13H,1-5H3. The number of para-hydroxylation sites is 2. The highest BCUT2D eigenvalue weighted by atomic mass is 15.1. The van der Waals surface area contributed by atoms with E-state index in [1.807, 2.05) is 0 Å². The van der Waals surface area contributed by atoms with E-state index in [2.05, 4.69) is 87.7 Å². The molecule has 0 unspecified atom stereocenters. The highest BCUT2D eigenvalue weighted by molar-refractivity contribution is 6.08. The van der Waals surface area contributed by atoms with Gasteiger partial charge >= 0.3 is 0 Å². The molecular weight excluding hydrogens is 242 g/mol. The van der Waals surface area contributed by atoms with Crippen molar-refractivity contribution in [1.82, 2.24) is 4.57 Å². The number of rotatable bonds is 1. The van der Waals surface area contributed by atoms with Gasteiger partial charge in [-0.05, 0) is 31.4 Å². The first kappa shape index (κ1) is 13.2. The minimum Gasteiger partial charge on any atom is -0.334 e. The summed E-state index contributed by atoms with van der Waals surface area (Å²) in [6.07, 6.45) is 0. The number of hydrogen-bond acceptors (Lipinski definition) is 0. The third kappa shape index (κ3) is 1.69. The van der Waals surface area contributed by atoms with E-state index in [0.29, 0.717) is 0 Å². The van der Waals surface area contributed by atoms with Gasteiger partial charge in [-0.15, -0.1) is 0 Å². The second-order valence-corrected chi connectivity index (χ2v) is 7.18. The molecule has 1 heterocycles. The zero-order valence-corrected chi connectivity index (χ0v) is 13.1. The fourth-order valence-electron chi connectivity index (χ4n) is 2.86. The molecule has 0 saturated heterocycles. The zero-order chi connectivity index (χ0) is 14.5. The van der Waals surface area contributed by atoms with Crippen molar-refractivity contribution in [2.45, 2.75) is 40.2 Å². The molecule has 0 bridgehead atoms. The fourth-order valence-corrected chi connectivity index (χ4v) is 2.86. The zero-order valence-electron chi connectivity index (χ0n) is 13.1. The van der Waals surface area contributed by atoms with E-state index in [1.54, 1.807) is 0 Å². The number of hydrogen-bond donors (Lipinski definition) is 0. The Labute approximate surface area is 121 Å². The Bertz CT molecular complexity index is 716. The smallest absolute Gasteiger partial charge is 0.0496 e. The first-order chi connectivity index (χ1) is 9.34. The summed E-state index contributed by atoms with van der Waals surface area (Å²) in [5.41, 5.74) is 2.87. The molecule has 1 aromatic heterocycles. The normalized spacial score (nSPS) is 13.2. The van der Waals surface area contributed by atoms with Gasteiger partial charge in [-0.3, -0.25) is 0 Å². The van der Waals surface area contributed by atoms with Crippen LogP contribution in [0.2, 0.25) is 0 Å². The number of nitrogens with zero attached hydrogens (tertiary/aromatic N) is 1. The molecule has 0 saturated carbocycles. The number of benzene rings is 2. The molecule has 0 aliphatic rings. The second kappa shape index (κ2) is 4.12.